The molecule has 7 heteroatoms. The van der Waals surface area contributed by atoms with Crippen LogP contribution < -0.4 is 20.5 Å². The molecule has 1 atom stereocenters. The fourth-order valence-corrected chi connectivity index (χ4v) is 5.51. The largest absolute Gasteiger partial charge is 0.493 e. The van der Waals surface area contributed by atoms with Gasteiger partial charge in [0, 0.05) is 11.0 Å². The number of anilines is 1. The van der Waals surface area contributed by atoms with Crippen molar-refractivity contribution in [2.24, 2.45) is 17.1 Å². The van der Waals surface area contributed by atoms with E-state index in [4.69, 9.17) is 15.2 Å². The molecule has 32 heavy (non-hydrogen) atoms. The van der Waals surface area contributed by atoms with E-state index in [1.54, 1.807) is 32.4 Å². The Morgan fingerprint density at radius 1 is 1.25 bits per heavy atom. The van der Waals surface area contributed by atoms with Gasteiger partial charge in [-0.2, -0.15) is 0 Å². The average Bonchev–Trinajstić information content (AvgIpc) is 3.14. The standard InChI is InChI=1S/C25H32N2O4S/c1-6-25(2,3)16-9-10-17-20(14-16)32-24(22(17)23(26)29)27-21(28)12-8-15-7-11-18(30-4)19(13-15)31-5/h7-8,11-13,16H,6,9-10,14H2,1-5H3,(H2,26,29)(H,27,28)/b12-8-/t16-/m1/s1. The van der Waals surface area contributed by atoms with Gasteiger partial charge in [0.2, 0.25) is 5.91 Å². The summed E-state index contributed by atoms with van der Waals surface area (Å²) in [5, 5.41) is 3.42. The number of nitrogens with two attached hydrogens (primary N) is 1. The van der Waals surface area contributed by atoms with Crippen molar-refractivity contribution in [3.63, 3.8) is 0 Å². The molecule has 2 amide bonds. The molecular formula is C25H32N2O4S. The minimum absolute atomic E-state index is 0.236. The zero-order valence-electron chi connectivity index (χ0n) is 19.4. The van der Waals surface area contributed by atoms with E-state index in [2.05, 4.69) is 26.1 Å². The Morgan fingerprint density at radius 3 is 2.59 bits per heavy atom. The lowest BCUT2D eigenvalue weighted by atomic mass is 9.69. The summed E-state index contributed by atoms with van der Waals surface area (Å²) in [6.45, 7) is 6.81. The molecule has 0 saturated heterocycles. The van der Waals surface area contributed by atoms with Crippen LogP contribution in [0.1, 0.15) is 60.0 Å². The topological polar surface area (TPSA) is 90.7 Å². The number of primary amides is 1. The number of carbonyl (C=O) groups excluding carboxylic acids is 2. The SMILES string of the molecule is CCC(C)(C)[C@@H]1CCc2c(sc(NC(=O)/C=C\c3ccc(OC)c(OC)c3)c2C(N)=O)C1. The molecule has 3 rings (SSSR count). The first kappa shape index (κ1) is 23.9. The van der Waals surface area contributed by atoms with E-state index in [1.807, 2.05) is 6.07 Å². The number of rotatable bonds is 8. The Kier molecular flexibility index (Phi) is 7.29. The third-order valence-corrected chi connectivity index (χ3v) is 7.77. The lowest BCUT2D eigenvalue weighted by molar-refractivity contribution is -0.111. The Morgan fingerprint density at radius 2 is 1.97 bits per heavy atom. The highest BCUT2D eigenvalue weighted by Crippen LogP contribution is 2.45. The quantitative estimate of drug-likeness (QED) is 0.544. The Bertz CT molecular complexity index is 1040. The third-order valence-electron chi connectivity index (χ3n) is 6.60. The van der Waals surface area contributed by atoms with Crippen molar-refractivity contribution in [3.05, 3.63) is 45.8 Å². The van der Waals surface area contributed by atoms with Crippen LogP contribution >= 0.6 is 11.3 Å². The lowest BCUT2D eigenvalue weighted by Gasteiger charge is -2.36. The van der Waals surface area contributed by atoms with E-state index in [-0.39, 0.29) is 11.3 Å². The zero-order valence-corrected chi connectivity index (χ0v) is 20.2. The predicted molar refractivity (Wildman–Crippen MR) is 130 cm³/mol. The predicted octanol–water partition coefficient (Wildman–Crippen LogP) is 5.06. The monoisotopic (exact) mass is 456 g/mol. The van der Waals surface area contributed by atoms with E-state index in [9.17, 15) is 9.59 Å². The normalized spacial score (nSPS) is 16.0. The van der Waals surface area contributed by atoms with Gasteiger partial charge in [-0.3, -0.25) is 9.59 Å². The van der Waals surface area contributed by atoms with Crippen molar-refractivity contribution < 1.29 is 19.1 Å². The molecule has 172 valence electrons. The van der Waals surface area contributed by atoms with Crippen molar-refractivity contribution in [1.29, 1.82) is 0 Å². The van der Waals surface area contributed by atoms with Gasteiger partial charge in [0.05, 0.1) is 19.8 Å². The second-order valence-electron chi connectivity index (χ2n) is 8.79. The third kappa shape index (κ3) is 4.99. The summed E-state index contributed by atoms with van der Waals surface area (Å²) in [5.74, 6) is 0.949. The van der Waals surface area contributed by atoms with Gasteiger partial charge in [-0.25, -0.2) is 0 Å². The van der Waals surface area contributed by atoms with Crippen LogP contribution in [-0.4, -0.2) is 26.0 Å². The summed E-state index contributed by atoms with van der Waals surface area (Å²) in [6.07, 6.45) is 6.99. The van der Waals surface area contributed by atoms with Crippen LogP contribution in [0.3, 0.4) is 0 Å². The highest BCUT2D eigenvalue weighted by Gasteiger charge is 2.34. The second kappa shape index (κ2) is 9.77. The highest BCUT2D eigenvalue weighted by molar-refractivity contribution is 7.17. The first-order valence-corrected chi connectivity index (χ1v) is 11.7. The molecule has 1 heterocycles. The van der Waals surface area contributed by atoms with Crippen LogP contribution in [-0.2, 0) is 17.6 Å². The van der Waals surface area contributed by atoms with E-state index in [0.29, 0.717) is 28.0 Å². The molecule has 1 aromatic heterocycles. The molecule has 0 fully saturated rings. The van der Waals surface area contributed by atoms with Gasteiger partial charge in [-0.15, -0.1) is 11.3 Å². The number of benzene rings is 1. The van der Waals surface area contributed by atoms with Crippen molar-refractivity contribution in [1.82, 2.24) is 0 Å². The molecule has 1 aliphatic carbocycles. The van der Waals surface area contributed by atoms with Crippen molar-refractivity contribution >= 4 is 34.2 Å². The summed E-state index contributed by atoms with van der Waals surface area (Å²) in [6, 6.07) is 5.40. The minimum atomic E-state index is -0.491. The van der Waals surface area contributed by atoms with Crippen LogP contribution in [0.5, 0.6) is 11.5 Å². The number of nitrogens with one attached hydrogen (secondary N) is 1. The maximum Gasteiger partial charge on any atom is 0.251 e. The molecule has 0 unspecified atom stereocenters. The smallest absolute Gasteiger partial charge is 0.251 e. The number of hydrogen-bond acceptors (Lipinski definition) is 5. The van der Waals surface area contributed by atoms with Crippen LogP contribution in [0.15, 0.2) is 24.3 Å². The first-order valence-electron chi connectivity index (χ1n) is 10.9. The lowest BCUT2D eigenvalue weighted by Crippen LogP contribution is -2.29. The molecule has 3 N–H and O–H groups in total. The molecule has 0 radical (unpaired) electrons. The molecule has 1 aromatic carbocycles. The number of fused-ring (bicyclic) bond motifs is 1. The number of hydrogen-bond donors (Lipinski definition) is 2. The molecule has 0 aliphatic heterocycles. The Labute approximate surface area is 193 Å². The Balaban J connectivity index is 1.80. The van der Waals surface area contributed by atoms with Crippen LogP contribution in [0.4, 0.5) is 5.00 Å². The molecule has 0 bridgehead atoms. The maximum atomic E-state index is 12.6. The summed E-state index contributed by atoms with van der Waals surface area (Å²) < 4.78 is 10.5. The van der Waals surface area contributed by atoms with Gasteiger partial charge in [-0.1, -0.05) is 33.3 Å². The van der Waals surface area contributed by atoms with Gasteiger partial charge in [0.1, 0.15) is 5.00 Å². The van der Waals surface area contributed by atoms with E-state index in [0.717, 1.165) is 41.7 Å². The van der Waals surface area contributed by atoms with E-state index < -0.39 is 5.91 Å². The molecule has 0 spiro atoms. The number of methoxy groups -OCH3 is 2. The number of ether oxygens (including phenoxy) is 2. The number of thiophene rings is 1. The van der Waals surface area contributed by atoms with Gasteiger partial charge in [0.25, 0.3) is 5.91 Å². The van der Waals surface area contributed by atoms with Crippen LogP contribution in [0, 0.1) is 11.3 Å². The van der Waals surface area contributed by atoms with Gasteiger partial charge in [-0.05, 0) is 59.9 Å². The van der Waals surface area contributed by atoms with Gasteiger partial charge in [0.15, 0.2) is 11.5 Å². The highest BCUT2D eigenvalue weighted by atomic mass is 32.1. The number of carbonyl (C=O) groups is 2. The summed E-state index contributed by atoms with van der Waals surface area (Å²) in [4.78, 5) is 26.0. The molecule has 2 aromatic rings. The van der Waals surface area contributed by atoms with Crippen molar-refractivity contribution in [2.45, 2.75) is 46.5 Å². The summed E-state index contributed by atoms with van der Waals surface area (Å²) >= 11 is 1.48. The summed E-state index contributed by atoms with van der Waals surface area (Å²) in [7, 11) is 3.14. The van der Waals surface area contributed by atoms with Crippen LogP contribution in [0.25, 0.3) is 6.08 Å². The minimum Gasteiger partial charge on any atom is -0.493 e. The average molecular weight is 457 g/mol. The zero-order chi connectivity index (χ0) is 23.5. The first-order chi connectivity index (χ1) is 15.2. The van der Waals surface area contributed by atoms with Crippen molar-refractivity contribution in [2.75, 3.05) is 19.5 Å². The number of amides is 2. The fourth-order valence-electron chi connectivity index (χ4n) is 4.17. The van der Waals surface area contributed by atoms with Crippen molar-refractivity contribution in [3.8, 4) is 11.5 Å². The van der Waals surface area contributed by atoms with Gasteiger partial charge >= 0.3 is 0 Å². The van der Waals surface area contributed by atoms with Gasteiger partial charge < -0.3 is 20.5 Å². The van der Waals surface area contributed by atoms with E-state index >= 15 is 0 Å². The molecule has 6 nitrogen and oxygen atoms in total. The molecular weight excluding hydrogens is 424 g/mol. The maximum absolute atomic E-state index is 12.6. The Hall–Kier alpha value is -2.80. The summed E-state index contributed by atoms with van der Waals surface area (Å²) in [5.41, 5.74) is 8.20. The fraction of sp³-hybridized carbons (Fsp3) is 0.440. The molecule has 1 aliphatic rings. The second-order valence-corrected chi connectivity index (χ2v) is 9.90. The van der Waals surface area contributed by atoms with Crippen LogP contribution in [0.2, 0.25) is 0 Å². The van der Waals surface area contributed by atoms with E-state index in [1.165, 1.54) is 17.4 Å². The molecule has 0 saturated carbocycles.